The predicted molar refractivity (Wildman–Crippen MR) is 110 cm³/mol. The maximum atomic E-state index is 12.0. The van der Waals surface area contributed by atoms with Gasteiger partial charge in [0.15, 0.2) is 5.11 Å². The molecule has 0 radical (unpaired) electrons. The average Bonchev–Trinajstić information content (AvgIpc) is 2.73. The molecular weight excluding hydrogens is 362 g/mol. The Labute approximate surface area is 166 Å². The normalized spacial score (nSPS) is 20.9. The Balaban J connectivity index is 1.62. The lowest BCUT2D eigenvalue weighted by Gasteiger charge is -2.39. The van der Waals surface area contributed by atoms with Crippen LogP contribution in [0, 0.1) is 0 Å². The van der Waals surface area contributed by atoms with Crippen molar-refractivity contribution in [2.75, 3.05) is 51.8 Å². The van der Waals surface area contributed by atoms with Crippen LogP contribution in [-0.2, 0) is 9.47 Å². The van der Waals surface area contributed by atoms with Crippen molar-refractivity contribution in [1.29, 1.82) is 0 Å². The minimum atomic E-state index is -0.358. The number of hydrogen-bond acceptors (Lipinski definition) is 5. The number of rotatable bonds is 5. The molecule has 3 rings (SSSR count). The number of carbonyl (C=O) groups excluding carboxylic acids is 1. The summed E-state index contributed by atoms with van der Waals surface area (Å²) in [7, 11) is 1.39. The molecule has 1 aromatic rings. The Morgan fingerprint density at radius 2 is 2.04 bits per heavy atom. The highest BCUT2D eigenvalue weighted by atomic mass is 32.1. The van der Waals surface area contributed by atoms with Crippen LogP contribution in [0.1, 0.15) is 36.0 Å². The molecule has 1 N–H and O–H groups in total. The highest BCUT2D eigenvalue weighted by molar-refractivity contribution is 7.80. The summed E-state index contributed by atoms with van der Waals surface area (Å²) in [6.45, 7) is 5.73. The van der Waals surface area contributed by atoms with Crippen molar-refractivity contribution in [1.82, 2.24) is 9.80 Å². The van der Waals surface area contributed by atoms with Gasteiger partial charge in [-0.25, -0.2) is 4.79 Å². The number of esters is 1. The van der Waals surface area contributed by atoms with E-state index in [1.165, 1.54) is 13.5 Å². The number of ether oxygens (including phenoxy) is 2. The van der Waals surface area contributed by atoms with Gasteiger partial charge in [0, 0.05) is 32.2 Å². The largest absolute Gasteiger partial charge is 0.465 e. The first-order valence-electron chi connectivity index (χ1n) is 9.74. The number of nitrogens with one attached hydrogen (secondary N) is 1. The summed E-state index contributed by atoms with van der Waals surface area (Å²) < 4.78 is 10.3. The third-order valence-electron chi connectivity index (χ3n) is 5.34. The van der Waals surface area contributed by atoms with E-state index in [2.05, 4.69) is 15.1 Å². The van der Waals surface area contributed by atoms with Crippen LogP contribution >= 0.6 is 12.2 Å². The second-order valence-corrected chi connectivity index (χ2v) is 7.44. The first-order chi connectivity index (χ1) is 13.2. The van der Waals surface area contributed by atoms with Gasteiger partial charge in [0.25, 0.3) is 0 Å². The third kappa shape index (κ3) is 5.40. The Hall–Kier alpha value is -1.70. The van der Waals surface area contributed by atoms with Gasteiger partial charge in [0.2, 0.25) is 0 Å². The number of benzene rings is 1. The number of anilines is 1. The Kier molecular flexibility index (Phi) is 7.43. The predicted octanol–water partition coefficient (Wildman–Crippen LogP) is 2.75. The molecule has 0 spiro atoms. The van der Waals surface area contributed by atoms with Gasteiger partial charge in [-0.1, -0.05) is 12.1 Å². The average molecular weight is 392 g/mol. The lowest BCUT2D eigenvalue weighted by atomic mass is 9.99. The summed E-state index contributed by atoms with van der Waals surface area (Å²) in [5.74, 6) is -0.358. The zero-order valence-electron chi connectivity index (χ0n) is 16.0. The summed E-state index contributed by atoms with van der Waals surface area (Å²) in [5.41, 5.74) is 1.20. The molecule has 2 aliphatic heterocycles. The van der Waals surface area contributed by atoms with Crippen LogP contribution in [0.3, 0.4) is 0 Å². The first kappa shape index (κ1) is 20.0. The van der Waals surface area contributed by atoms with Gasteiger partial charge in [-0.3, -0.25) is 4.90 Å². The molecule has 2 aliphatic rings. The van der Waals surface area contributed by atoms with Gasteiger partial charge in [-0.15, -0.1) is 0 Å². The second-order valence-electron chi connectivity index (χ2n) is 7.05. The van der Waals surface area contributed by atoms with Crippen molar-refractivity contribution in [3.05, 3.63) is 29.8 Å². The number of methoxy groups -OCH3 is 1. The molecule has 7 heteroatoms. The maximum absolute atomic E-state index is 12.0. The lowest BCUT2D eigenvalue weighted by Crippen LogP contribution is -2.48. The molecule has 2 saturated heterocycles. The maximum Gasteiger partial charge on any atom is 0.339 e. The number of para-hydroxylation sites is 1. The Morgan fingerprint density at radius 3 is 2.81 bits per heavy atom. The molecule has 148 valence electrons. The van der Waals surface area contributed by atoms with Crippen molar-refractivity contribution in [2.45, 2.75) is 31.7 Å². The summed E-state index contributed by atoms with van der Waals surface area (Å²) in [5, 5.41) is 3.98. The summed E-state index contributed by atoms with van der Waals surface area (Å²) in [4.78, 5) is 16.8. The van der Waals surface area contributed by atoms with E-state index in [9.17, 15) is 4.79 Å². The van der Waals surface area contributed by atoms with Crippen LogP contribution in [0.5, 0.6) is 0 Å². The van der Waals surface area contributed by atoms with E-state index >= 15 is 0 Å². The van der Waals surface area contributed by atoms with Crippen molar-refractivity contribution in [3.63, 3.8) is 0 Å². The van der Waals surface area contributed by atoms with Gasteiger partial charge in [0.05, 0.1) is 31.6 Å². The molecule has 0 aromatic heterocycles. The number of carbonyl (C=O) groups is 1. The number of piperidine rings is 1. The number of thiocarbonyl (C=S) groups is 1. The van der Waals surface area contributed by atoms with Crippen LogP contribution in [0.4, 0.5) is 5.69 Å². The molecule has 1 atom stereocenters. The SMILES string of the molecule is COC(=O)c1ccccc1NC(=S)N1CCCC[C@@H]1CCN1CCOCC1. The van der Waals surface area contributed by atoms with Crippen LogP contribution in [0.2, 0.25) is 0 Å². The number of nitrogens with zero attached hydrogens (tertiary/aromatic N) is 2. The van der Waals surface area contributed by atoms with Crippen LogP contribution in [-0.4, -0.2) is 73.4 Å². The summed E-state index contributed by atoms with van der Waals surface area (Å²) in [6, 6.07) is 7.77. The highest BCUT2D eigenvalue weighted by Crippen LogP contribution is 2.23. The molecule has 2 fully saturated rings. The van der Waals surface area contributed by atoms with Crippen LogP contribution in [0.25, 0.3) is 0 Å². The van der Waals surface area contributed by atoms with Gasteiger partial charge < -0.3 is 19.7 Å². The van der Waals surface area contributed by atoms with Crippen LogP contribution < -0.4 is 5.32 Å². The molecule has 27 heavy (non-hydrogen) atoms. The van der Waals surface area contributed by atoms with E-state index < -0.39 is 0 Å². The van der Waals surface area contributed by atoms with Gasteiger partial charge >= 0.3 is 5.97 Å². The molecular formula is C20H29N3O3S. The fourth-order valence-electron chi connectivity index (χ4n) is 3.79. The molecule has 6 nitrogen and oxygen atoms in total. The zero-order valence-corrected chi connectivity index (χ0v) is 16.8. The van der Waals surface area contributed by atoms with Gasteiger partial charge in [-0.2, -0.15) is 0 Å². The van der Waals surface area contributed by atoms with Crippen molar-refractivity contribution in [3.8, 4) is 0 Å². The third-order valence-corrected chi connectivity index (χ3v) is 5.68. The zero-order chi connectivity index (χ0) is 19.1. The molecule has 0 aliphatic carbocycles. The quantitative estimate of drug-likeness (QED) is 0.612. The fourth-order valence-corrected chi connectivity index (χ4v) is 4.14. The van der Waals surface area contributed by atoms with Crippen molar-refractivity contribution >= 4 is 29.0 Å². The molecule has 0 amide bonds. The standard InChI is InChI=1S/C20H29N3O3S/c1-25-19(24)17-7-2-3-8-18(17)21-20(27)23-10-5-4-6-16(23)9-11-22-12-14-26-15-13-22/h2-3,7-8,16H,4-6,9-15H2,1H3,(H,21,27)/t16-/m1/s1. The summed E-state index contributed by atoms with van der Waals surface area (Å²) >= 11 is 5.72. The minimum absolute atomic E-state index is 0.358. The molecule has 1 aromatic carbocycles. The number of morpholine rings is 1. The van der Waals surface area contributed by atoms with E-state index in [1.807, 2.05) is 18.2 Å². The van der Waals surface area contributed by atoms with Crippen LogP contribution in [0.15, 0.2) is 24.3 Å². The monoisotopic (exact) mass is 391 g/mol. The van der Waals surface area contributed by atoms with E-state index in [-0.39, 0.29) is 5.97 Å². The smallest absolute Gasteiger partial charge is 0.339 e. The van der Waals surface area contributed by atoms with Crippen molar-refractivity contribution in [2.24, 2.45) is 0 Å². The van der Waals surface area contributed by atoms with Gasteiger partial charge in [0.1, 0.15) is 0 Å². The molecule has 0 unspecified atom stereocenters. The Bertz CT molecular complexity index is 649. The highest BCUT2D eigenvalue weighted by Gasteiger charge is 2.26. The lowest BCUT2D eigenvalue weighted by molar-refractivity contribution is 0.0338. The molecule has 2 heterocycles. The number of likely N-dealkylation sites (tertiary alicyclic amines) is 1. The van der Waals surface area contributed by atoms with E-state index in [0.717, 1.165) is 58.7 Å². The van der Waals surface area contributed by atoms with E-state index in [0.29, 0.717) is 22.4 Å². The first-order valence-corrected chi connectivity index (χ1v) is 10.1. The van der Waals surface area contributed by atoms with E-state index in [4.69, 9.17) is 21.7 Å². The van der Waals surface area contributed by atoms with Crippen molar-refractivity contribution < 1.29 is 14.3 Å². The molecule has 0 bridgehead atoms. The second kappa shape index (κ2) is 10.0. The summed E-state index contributed by atoms with van der Waals surface area (Å²) in [6.07, 6.45) is 4.64. The fraction of sp³-hybridized carbons (Fsp3) is 0.600. The molecule has 0 saturated carbocycles. The minimum Gasteiger partial charge on any atom is -0.465 e. The van der Waals surface area contributed by atoms with E-state index in [1.54, 1.807) is 6.07 Å². The number of hydrogen-bond donors (Lipinski definition) is 1. The van der Waals surface area contributed by atoms with Gasteiger partial charge in [-0.05, 0) is 50.0 Å². The topological polar surface area (TPSA) is 54.0 Å². The Morgan fingerprint density at radius 1 is 1.26 bits per heavy atom.